The van der Waals surface area contributed by atoms with E-state index in [1.807, 2.05) is 11.8 Å². The van der Waals surface area contributed by atoms with Gasteiger partial charge >= 0.3 is 0 Å². The molecule has 4 heteroatoms. The molecule has 0 spiro atoms. The molecule has 1 amide bonds. The minimum atomic E-state index is 0.150. The summed E-state index contributed by atoms with van der Waals surface area (Å²) in [5, 5.41) is 3.40. The predicted octanol–water partition coefficient (Wildman–Crippen LogP) is 1.01. The standard InChI is InChI=1S/C13H24N2O2/c1-9-8-17-10(2)7-15(9)13(16)12-5-4-6-14-11(12)3/h9-12,14H,4-8H2,1-3H3. The summed E-state index contributed by atoms with van der Waals surface area (Å²) in [4.78, 5) is 14.6. The number of carbonyl (C=O) groups excluding carboxylic acids is 1. The van der Waals surface area contributed by atoms with E-state index in [1.165, 1.54) is 0 Å². The van der Waals surface area contributed by atoms with Crippen molar-refractivity contribution >= 4 is 5.91 Å². The second-order valence-corrected chi connectivity index (χ2v) is 5.48. The third kappa shape index (κ3) is 2.80. The van der Waals surface area contributed by atoms with Crippen LogP contribution in [0.2, 0.25) is 0 Å². The molecule has 2 rings (SSSR count). The zero-order chi connectivity index (χ0) is 12.4. The first-order valence-electron chi connectivity index (χ1n) is 6.75. The van der Waals surface area contributed by atoms with Crippen molar-refractivity contribution in [3.8, 4) is 0 Å². The van der Waals surface area contributed by atoms with Crippen LogP contribution in [-0.2, 0) is 9.53 Å². The molecule has 2 heterocycles. The Kier molecular flexibility index (Phi) is 4.05. The lowest BCUT2D eigenvalue weighted by Gasteiger charge is -2.41. The Morgan fingerprint density at radius 1 is 1.35 bits per heavy atom. The summed E-state index contributed by atoms with van der Waals surface area (Å²) in [7, 11) is 0. The summed E-state index contributed by atoms with van der Waals surface area (Å²) in [6.07, 6.45) is 2.29. The first-order valence-corrected chi connectivity index (χ1v) is 6.75. The van der Waals surface area contributed by atoms with Crippen LogP contribution in [-0.4, -0.2) is 48.7 Å². The fraction of sp³-hybridized carbons (Fsp3) is 0.923. The highest BCUT2D eigenvalue weighted by molar-refractivity contribution is 5.80. The van der Waals surface area contributed by atoms with Crippen LogP contribution in [0.1, 0.15) is 33.6 Å². The molecule has 4 unspecified atom stereocenters. The molecule has 1 N–H and O–H groups in total. The Hall–Kier alpha value is -0.610. The number of ether oxygens (including phenoxy) is 1. The quantitative estimate of drug-likeness (QED) is 0.744. The van der Waals surface area contributed by atoms with E-state index in [0.717, 1.165) is 25.9 Å². The Balaban J connectivity index is 2.02. The van der Waals surface area contributed by atoms with Crippen LogP contribution in [0.5, 0.6) is 0 Å². The van der Waals surface area contributed by atoms with Crippen molar-refractivity contribution in [1.29, 1.82) is 0 Å². The highest BCUT2D eigenvalue weighted by Crippen LogP contribution is 2.22. The normalized spacial score (nSPS) is 39.1. The van der Waals surface area contributed by atoms with Gasteiger partial charge in [0.25, 0.3) is 0 Å². The molecule has 0 radical (unpaired) electrons. The van der Waals surface area contributed by atoms with Crippen LogP contribution in [0.15, 0.2) is 0 Å². The first kappa shape index (κ1) is 12.8. The lowest BCUT2D eigenvalue weighted by Crippen LogP contribution is -2.55. The number of amides is 1. The molecular weight excluding hydrogens is 216 g/mol. The van der Waals surface area contributed by atoms with Gasteiger partial charge in [-0.2, -0.15) is 0 Å². The number of carbonyl (C=O) groups is 1. The highest BCUT2D eigenvalue weighted by atomic mass is 16.5. The molecule has 2 fully saturated rings. The molecule has 0 bridgehead atoms. The number of nitrogens with one attached hydrogen (secondary N) is 1. The van der Waals surface area contributed by atoms with Gasteiger partial charge in [0, 0.05) is 12.6 Å². The van der Waals surface area contributed by atoms with Crippen molar-refractivity contribution in [2.45, 2.75) is 51.8 Å². The molecule has 0 saturated carbocycles. The number of piperidine rings is 1. The van der Waals surface area contributed by atoms with Crippen molar-refractivity contribution in [2.24, 2.45) is 5.92 Å². The van der Waals surface area contributed by atoms with Crippen molar-refractivity contribution in [2.75, 3.05) is 19.7 Å². The van der Waals surface area contributed by atoms with E-state index < -0.39 is 0 Å². The topological polar surface area (TPSA) is 41.6 Å². The molecule has 2 saturated heterocycles. The molecule has 0 aromatic heterocycles. The molecule has 2 aliphatic heterocycles. The Labute approximate surface area is 104 Å². The molecular formula is C13H24N2O2. The average molecular weight is 240 g/mol. The molecule has 2 aliphatic rings. The van der Waals surface area contributed by atoms with Crippen molar-refractivity contribution < 1.29 is 9.53 Å². The maximum atomic E-state index is 12.5. The van der Waals surface area contributed by atoms with Gasteiger partial charge in [0.15, 0.2) is 0 Å². The lowest BCUT2D eigenvalue weighted by molar-refractivity contribution is -0.149. The predicted molar refractivity (Wildman–Crippen MR) is 66.8 cm³/mol. The fourth-order valence-electron chi connectivity index (χ4n) is 2.80. The van der Waals surface area contributed by atoms with Gasteiger partial charge < -0.3 is 15.0 Å². The number of hydrogen-bond donors (Lipinski definition) is 1. The van der Waals surface area contributed by atoms with Crippen LogP contribution < -0.4 is 5.32 Å². The van der Waals surface area contributed by atoms with E-state index in [1.54, 1.807) is 0 Å². The van der Waals surface area contributed by atoms with Crippen molar-refractivity contribution in [3.63, 3.8) is 0 Å². The summed E-state index contributed by atoms with van der Waals surface area (Å²) in [5.41, 5.74) is 0. The smallest absolute Gasteiger partial charge is 0.227 e. The summed E-state index contributed by atoms with van der Waals surface area (Å²) in [5.74, 6) is 0.462. The first-order chi connectivity index (χ1) is 8.09. The maximum Gasteiger partial charge on any atom is 0.227 e. The van der Waals surface area contributed by atoms with E-state index in [2.05, 4.69) is 19.2 Å². The second-order valence-electron chi connectivity index (χ2n) is 5.48. The minimum absolute atomic E-state index is 0.150. The fourth-order valence-corrected chi connectivity index (χ4v) is 2.80. The van der Waals surface area contributed by atoms with Crippen LogP contribution in [0.4, 0.5) is 0 Å². The number of nitrogens with zero attached hydrogens (tertiary/aromatic N) is 1. The Morgan fingerprint density at radius 2 is 2.12 bits per heavy atom. The largest absolute Gasteiger partial charge is 0.375 e. The average Bonchev–Trinajstić information content (AvgIpc) is 2.32. The summed E-state index contributed by atoms with van der Waals surface area (Å²) < 4.78 is 5.58. The van der Waals surface area contributed by atoms with Gasteiger partial charge in [-0.1, -0.05) is 0 Å². The molecule has 0 aromatic rings. The van der Waals surface area contributed by atoms with E-state index in [0.29, 0.717) is 18.6 Å². The third-order valence-electron chi connectivity index (χ3n) is 3.97. The Bertz CT molecular complexity index is 283. The molecule has 17 heavy (non-hydrogen) atoms. The summed E-state index contributed by atoms with van der Waals surface area (Å²) in [6.45, 7) is 8.68. The molecule has 0 aromatic carbocycles. The highest BCUT2D eigenvalue weighted by Gasteiger charge is 2.35. The van der Waals surface area contributed by atoms with Crippen molar-refractivity contribution in [1.82, 2.24) is 10.2 Å². The number of rotatable bonds is 1. The zero-order valence-corrected chi connectivity index (χ0v) is 11.1. The van der Waals surface area contributed by atoms with Crippen LogP contribution >= 0.6 is 0 Å². The van der Waals surface area contributed by atoms with E-state index in [-0.39, 0.29) is 18.1 Å². The van der Waals surface area contributed by atoms with Gasteiger partial charge in [0.05, 0.1) is 24.7 Å². The molecule has 98 valence electrons. The maximum absolute atomic E-state index is 12.5. The lowest BCUT2D eigenvalue weighted by atomic mass is 9.90. The Morgan fingerprint density at radius 3 is 2.82 bits per heavy atom. The molecule has 0 aliphatic carbocycles. The molecule has 4 nitrogen and oxygen atoms in total. The van der Waals surface area contributed by atoms with Crippen molar-refractivity contribution in [3.05, 3.63) is 0 Å². The second kappa shape index (κ2) is 5.36. The van der Waals surface area contributed by atoms with Crippen LogP contribution in [0.25, 0.3) is 0 Å². The van der Waals surface area contributed by atoms with Gasteiger partial charge in [-0.05, 0) is 40.2 Å². The van der Waals surface area contributed by atoms with Crippen LogP contribution in [0, 0.1) is 5.92 Å². The SMILES string of the molecule is CC1CN(C(=O)C2CCCNC2C)C(C)CO1. The zero-order valence-electron chi connectivity index (χ0n) is 11.1. The third-order valence-corrected chi connectivity index (χ3v) is 3.97. The van der Waals surface area contributed by atoms with Gasteiger partial charge in [-0.15, -0.1) is 0 Å². The van der Waals surface area contributed by atoms with E-state index >= 15 is 0 Å². The van der Waals surface area contributed by atoms with E-state index in [9.17, 15) is 4.79 Å². The van der Waals surface area contributed by atoms with Gasteiger partial charge in [-0.3, -0.25) is 4.79 Å². The van der Waals surface area contributed by atoms with Gasteiger partial charge in [0.1, 0.15) is 0 Å². The van der Waals surface area contributed by atoms with Gasteiger partial charge in [0.2, 0.25) is 5.91 Å². The summed E-state index contributed by atoms with van der Waals surface area (Å²) >= 11 is 0. The summed E-state index contributed by atoms with van der Waals surface area (Å²) in [6, 6.07) is 0.523. The van der Waals surface area contributed by atoms with Crippen LogP contribution in [0.3, 0.4) is 0 Å². The van der Waals surface area contributed by atoms with E-state index in [4.69, 9.17) is 4.74 Å². The monoisotopic (exact) mass is 240 g/mol. The minimum Gasteiger partial charge on any atom is -0.375 e. The van der Waals surface area contributed by atoms with Gasteiger partial charge in [-0.25, -0.2) is 0 Å². The number of hydrogen-bond acceptors (Lipinski definition) is 3. The number of morpholine rings is 1. The molecule has 4 atom stereocenters.